The number of hydrogen-bond acceptors (Lipinski definition) is 4. The molecule has 1 aliphatic heterocycles. The molecule has 2 N–H and O–H groups in total. The third-order valence-corrected chi connectivity index (χ3v) is 4.78. The first-order valence-electron chi connectivity index (χ1n) is 10.3. The van der Waals surface area contributed by atoms with Crippen molar-refractivity contribution >= 4 is 41.5 Å². The minimum atomic E-state index is 0. The number of nitrogens with zero attached hydrogens (tertiary/aromatic N) is 3. The molecule has 0 atom stereocenters. The average molecular weight is 517 g/mol. The highest BCUT2D eigenvalue weighted by Crippen LogP contribution is 2.15. The molecular formula is C21H36IN5O2. The first-order chi connectivity index (χ1) is 13.7. The molecule has 0 saturated carbocycles. The summed E-state index contributed by atoms with van der Waals surface area (Å²) in [7, 11) is 1.72. The van der Waals surface area contributed by atoms with Gasteiger partial charge in [-0.2, -0.15) is 0 Å². The molecule has 0 spiro atoms. The number of rotatable bonds is 10. The molecule has 164 valence electrons. The van der Waals surface area contributed by atoms with E-state index < -0.39 is 0 Å². The van der Waals surface area contributed by atoms with Crippen LogP contribution < -0.4 is 15.5 Å². The maximum Gasteiger partial charge on any atom is 0.242 e. The number of benzene rings is 1. The zero-order valence-corrected chi connectivity index (χ0v) is 20.1. The van der Waals surface area contributed by atoms with Crippen LogP contribution in [0, 0.1) is 0 Å². The number of hydrogen-bond donors (Lipinski definition) is 2. The van der Waals surface area contributed by atoms with E-state index in [1.54, 1.807) is 7.05 Å². The van der Waals surface area contributed by atoms with Gasteiger partial charge >= 0.3 is 0 Å². The standard InChI is InChI=1S/C21H35N5O2.HI/c1-3-4-16-28-17-8-11-23-21(22-2)24-18-20(27)26-14-12-25(13-15-26)19-9-6-5-7-10-19;/h5-7,9-10H,3-4,8,11-18H2,1-2H3,(H2,22,23,24);1H. The second-order valence-electron chi connectivity index (χ2n) is 6.88. The summed E-state index contributed by atoms with van der Waals surface area (Å²) >= 11 is 0. The third-order valence-electron chi connectivity index (χ3n) is 4.78. The number of piperazine rings is 1. The Balaban J connectivity index is 0.00000420. The van der Waals surface area contributed by atoms with Crippen LogP contribution in [0.15, 0.2) is 35.3 Å². The summed E-state index contributed by atoms with van der Waals surface area (Å²) in [5.41, 5.74) is 1.22. The highest BCUT2D eigenvalue weighted by Gasteiger charge is 2.21. The van der Waals surface area contributed by atoms with E-state index in [0.29, 0.717) is 5.96 Å². The van der Waals surface area contributed by atoms with Crippen LogP contribution in [0.25, 0.3) is 0 Å². The molecule has 2 rings (SSSR count). The van der Waals surface area contributed by atoms with E-state index in [0.717, 1.165) is 65.2 Å². The van der Waals surface area contributed by atoms with E-state index in [4.69, 9.17) is 4.74 Å². The molecule has 0 bridgehead atoms. The van der Waals surface area contributed by atoms with Crippen LogP contribution in [0.4, 0.5) is 5.69 Å². The lowest BCUT2D eigenvalue weighted by molar-refractivity contribution is -0.130. The molecule has 1 saturated heterocycles. The molecule has 1 fully saturated rings. The number of carbonyl (C=O) groups excluding carboxylic acids is 1. The quantitative estimate of drug-likeness (QED) is 0.216. The van der Waals surface area contributed by atoms with Gasteiger partial charge < -0.3 is 25.2 Å². The van der Waals surface area contributed by atoms with Crippen LogP contribution in [-0.2, 0) is 9.53 Å². The van der Waals surface area contributed by atoms with Crippen molar-refractivity contribution in [2.45, 2.75) is 26.2 Å². The fourth-order valence-electron chi connectivity index (χ4n) is 3.07. The lowest BCUT2D eigenvalue weighted by Crippen LogP contribution is -2.52. The Bertz CT molecular complexity index is 592. The van der Waals surface area contributed by atoms with E-state index >= 15 is 0 Å². The normalized spacial score (nSPS) is 14.3. The SMILES string of the molecule is CCCCOCCCNC(=NC)NCC(=O)N1CCN(c2ccccc2)CC1.I. The zero-order valence-electron chi connectivity index (χ0n) is 17.7. The highest BCUT2D eigenvalue weighted by molar-refractivity contribution is 14.0. The Morgan fingerprint density at radius 3 is 2.41 bits per heavy atom. The molecule has 29 heavy (non-hydrogen) atoms. The predicted octanol–water partition coefficient (Wildman–Crippen LogP) is 2.33. The summed E-state index contributed by atoms with van der Waals surface area (Å²) in [6, 6.07) is 10.3. The number of halogens is 1. The van der Waals surface area contributed by atoms with Gasteiger partial charge in [0.1, 0.15) is 0 Å². The molecule has 7 nitrogen and oxygen atoms in total. The largest absolute Gasteiger partial charge is 0.381 e. The van der Waals surface area contributed by atoms with E-state index in [2.05, 4.69) is 39.6 Å². The molecule has 1 aromatic carbocycles. The maximum atomic E-state index is 12.5. The van der Waals surface area contributed by atoms with Gasteiger partial charge in [-0.25, -0.2) is 0 Å². The zero-order chi connectivity index (χ0) is 20.0. The molecule has 0 unspecified atom stereocenters. The van der Waals surface area contributed by atoms with E-state index in [1.165, 1.54) is 5.69 Å². The predicted molar refractivity (Wildman–Crippen MR) is 130 cm³/mol. The number of unbranched alkanes of at least 4 members (excludes halogenated alkanes) is 1. The fourth-order valence-corrected chi connectivity index (χ4v) is 3.07. The highest BCUT2D eigenvalue weighted by atomic mass is 127. The minimum absolute atomic E-state index is 0. The van der Waals surface area contributed by atoms with Gasteiger partial charge in [0.2, 0.25) is 5.91 Å². The van der Waals surface area contributed by atoms with Crippen molar-refractivity contribution in [3.63, 3.8) is 0 Å². The van der Waals surface area contributed by atoms with Gasteiger partial charge in [0, 0.05) is 58.7 Å². The molecule has 1 heterocycles. The summed E-state index contributed by atoms with van der Waals surface area (Å²) in [4.78, 5) is 20.9. The number of anilines is 1. The number of carbonyl (C=O) groups is 1. The van der Waals surface area contributed by atoms with E-state index in [9.17, 15) is 4.79 Å². The van der Waals surface area contributed by atoms with Crippen molar-refractivity contribution in [2.24, 2.45) is 4.99 Å². The average Bonchev–Trinajstić information content (AvgIpc) is 2.75. The topological polar surface area (TPSA) is 69.2 Å². The van der Waals surface area contributed by atoms with Gasteiger partial charge in [-0.05, 0) is 25.0 Å². The van der Waals surface area contributed by atoms with Gasteiger partial charge in [0.15, 0.2) is 5.96 Å². The van der Waals surface area contributed by atoms with Crippen LogP contribution in [-0.4, -0.2) is 76.3 Å². The number of para-hydroxylation sites is 1. The van der Waals surface area contributed by atoms with Gasteiger partial charge in [-0.3, -0.25) is 9.79 Å². The molecule has 0 aliphatic carbocycles. The van der Waals surface area contributed by atoms with E-state index in [-0.39, 0.29) is 36.4 Å². The molecule has 0 radical (unpaired) electrons. The fraction of sp³-hybridized carbons (Fsp3) is 0.619. The van der Waals surface area contributed by atoms with E-state index in [1.807, 2.05) is 23.1 Å². The van der Waals surface area contributed by atoms with Crippen molar-refractivity contribution in [1.29, 1.82) is 0 Å². The first-order valence-corrected chi connectivity index (χ1v) is 10.3. The Labute approximate surface area is 192 Å². The van der Waals surface area contributed by atoms with Gasteiger partial charge in [0.25, 0.3) is 0 Å². The summed E-state index contributed by atoms with van der Waals surface area (Å²) in [6.07, 6.45) is 3.18. The van der Waals surface area contributed by atoms with Crippen molar-refractivity contribution in [3.05, 3.63) is 30.3 Å². The molecule has 8 heteroatoms. The summed E-state index contributed by atoms with van der Waals surface area (Å²) in [5, 5.41) is 6.34. The van der Waals surface area contributed by atoms with Crippen molar-refractivity contribution in [1.82, 2.24) is 15.5 Å². The Morgan fingerprint density at radius 1 is 1.07 bits per heavy atom. The summed E-state index contributed by atoms with van der Waals surface area (Å²) < 4.78 is 5.54. The molecular weight excluding hydrogens is 481 g/mol. The van der Waals surface area contributed by atoms with Crippen LogP contribution >= 0.6 is 24.0 Å². The molecule has 0 aromatic heterocycles. The van der Waals surface area contributed by atoms with Gasteiger partial charge in [-0.15, -0.1) is 24.0 Å². The van der Waals surface area contributed by atoms with Crippen LogP contribution in [0.1, 0.15) is 26.2 Å². The van der Waals surface area contributed by atoms with Crippen LogP contribution in [0.5, 0.6) is 0 Å². The van der Waals surface area contributed by atoms with Gasteiger partial charge in [0.05, 0.1) is 6.54 Å². The number of amides is 1. The number of guanidine groups is 1. The second-order valence-corrected chi connectivity index (χ2v) is 6.88. The minimum Gasteiger partial charge on any atom is -0.381 e. The lowest BCUT2D eigenvalue weighted by atomic mass is 10.2. The second kappa shape index (κ2) is 15.3. The monoisotopic (exact) mass is 517 g/mol. The van der Waals surface area contributed by atoms with Crippen LogP contribution in [0.2, 0.25) is 0 Å². The summed E-state index contributed by atoms with van der Waals surface area (Å²) in [5.74, 6) is 0.767. The number of nitrogens with one attached hydrogen (secondary N) is 2. The van der Waals surface area contributed by atoms with Crippen LogP contribution in [0.3, 0.4) is 0 Å². The molecule has 1 amide bonds. The van der Waals surface area contributed by atoms with Crippen molar-refractivity contribution in [2.75, 3.05) is 64.4 Å². The number of ether oxygens (including phenoxy) is 1. The smallest absolute Gasteiger partial charge is 0.242 e. The third kappa shape index (κ3) is 9.66. The van der Waals surface area contributed by atoms with Crippen molar-refractivity contribution in [3.8, 4) is 0 Å². The van der Waals surface area contributed by atoms with Crippen molar-refractivity contribution < 1.29 is 9.53 Å². The number of aliphatic imine (C=N–C) groups is 1. The first kappa shape index (κ1) is 25.5. The Morgan fingerprint density at radius 2 is 1.76 bits per heavy atom. The summed E-state index contributed by atoms with van der Waals surface area (Å²) in [6.45, 7) is 7.98. The Hall–Kier alpha value is -1.55. The Kier molecular flexibility index (Phi) is 13.5. The maximum absolute atomic E-state index is 12.5. The lowest BCUT2D eigenvalue weighted by Gasteiger charge is -2.36. The molecule has 1 aliphatic rings. The molecule has 1 aromatic rings. The van der Waals surface area contributed by atoms with Gasteiger partial charge in [-0.1, -0.05) is 31.5 Å².